The van der Waals surface area contributed by atoms with Gasteiger partial charge in [-0.05, 0) is 23.3 Å². The van der Waals surface area contributed by atoms with E-state index in [0.717, 1.165) is 0 Å². The van der Waals surface area contributed by atoms with Crippen LogP contribution in [0, 0.1) is 5.82 Å². The fourth-order valence-corrected chi connectivity index (χ4v) is 2.64. The Morgan fingerprint density at radius 1 is 1.12 bits per heavy atom. The van der Waals surface area contributed by atoms with Gasteiger partial charge in [0.2, 0.25) is 0 Å². The second-order valence-corrected chi connectivity index (χ2v) is 5.65. The fraction of sp³-hybridized carbons (Fsp3) is 0.222. The van der Waals surface area contributed by atoms with Crippen molar-refractivity contribution in [2.24, 2.45) is 0 Å². The molecule has 7 heteroatoms. The van der Waals surface area contributed by atoms with Crippen LogP contribution in [0.15, 0.2) is 30.3 Å². The van der Waals surface area contributed by atoms with Crippen LogP contribution in [0.2, 0.25) is 5.02 Å². The van der Waals surface area contributed by atoms with E-state index in [0.29, 0.717) is 16.9 Å². The monoisotopic (exact) mass is 366 g/mol. The number of methoxy groups -OCH3 is 2. The molecule has 25 heavy (non-hydrogen) atoms. The van der Waals surface area contributed by atoms with Gasteiger partial charge in [0.1, 0.15) is 23.7 Å². The molecule has 0 saturated carbocycles. The average Bonchev–Trinajstić information content (AvgIpc) is 2.57. The van der Waals surface area contributed by atoms with Gasteiger partial charge in [-0.1, -0.05) is 23.7 Å². The van der Waals surface area contributed by atoms with E-state index in [2.05, 4.69) is 0 Å². The summed E-state index contributed by atoms with van der Waals surface area (Å²) in [5.74, 6) is -1.83. The van der Waals surface area contributed by atoms with Crippen LogP contribution >= 0.6 is 11.6 Å². The van der Waals surface area contributed by atoms with E-state index in [-0.39, 0.29) is 22.8 Å². The Morgan fingerprint density at radius 2 is 1.80 bits per heavy atom. The minimum Gasteiger partial charge on any atom is -0.496 e. The van der Waals surface area contributed by atoms with Crippen molar-refractivity contribution in [2.75, 3.05) is 14.2 Å². The first-order chi connectivity index (χ1) is 11.9. The van der Waals surface area contributed by atoms with Crippen LogP contribution in [0.3, 0.4) is 0 Å². The number of benzene rings is 2. The van der Waals surface area contributed by atoms with Gasteiger partial charge in [-0.3, -0.25) is 9.59 Å². The highest BCUT2D eigenvalue weighted by molar-refractivity contribution is 6.30. The maximum atomic E-state index is 14.2. The van der Waals surface area contributed by atoms with Crippen LogP contribution in [0.1, 0.15) is 27.9 Å². The first-order valence-electron chi connectivity index (χ1n) is 7.30. The highest BCUT2D eigenvalue weighted by Crippen LogP contribution is 2.32. The summed E-state index contributed by atoms with van der Waals surface area (Å²) in [5.41, 5.74) is 0.939. The molecule has 0 saturated heterocycles. The molecule has 132 valence electrons. The summed E-state index contributed by atoms with van der Waals surface area (Å²) < 4.78 is 24.6. The van der Waals surface area contributed by atoms with Crippen LogP contribution in [0.5, 0.6) is 11.5 Å². The number of hydrogen-bond donors (Lipinski definition) is 1. The van der Waals surface area contributed by atoms with Gasteiger partial charge in [0.05, 0.1) is 24.8 Å². The maximum absolute atomic E-state index is 14.2. The molecule has 2 aromatic carbocycles. The smallest absolute Gasteiger partial charge is 0.311 e. The Labute approximate surface area is 148 Å². The van der Waals surface area contributed by atoms with Crippen LogP contribution < -0.4 is 9.47 Å². The number of hydrogen-bond acceptors (Lipinski definition) is 4. The quantitative estimate of drug-likeness (QED) is 0.597. The van der Waals surface area contributed by atoms with Gasteiger partial charge >= 0.3 is 5.97 Å². The maximum Gasteiger partial charge on any atom is 0.311 e. The number of ether oxygens (including phenoxy) is 2. The molecule has 0 atom stereocenters. The Kier molecular flexibility index (Phi) is 5.98. The summed E-state index contributed by atoms with van der Waals surface area (Å²) in [6, 6.07) is 7.57. The Bertz CT molecular complexity index is 819. The van der Waals surface area contributed by atoms with Crippen LogP contribution in [0.25, 0.3) is 0 Å². The molecule has 0 aromatic heterocycles. The van der Waals surface area contributed by atoms with Gasteiger partial charge in [-0.15, -0.1) is 0 Å². The Balaban J connectivity index is 2.50. The molecule has 0 aliphatic rings. The lowest BCUT2D eigenvalue weighted by atomic mass is 9.98. The summed E-state index contributed by atoms with van der Waals surface area (Å²) in [6.07, 6.45) is -0.555. The third kappa shape index (κ3) is 4.28. The van der Waals surface area contributed by atoms with Gasteiger partial charge in [-0.2, -0.15) is 0 Å². The minimum atomic E-state index is -1.25. The number of carboxylic acids is 1. The molecule has 1 N–H and O–H groups in total. The number of halogens is 2. The van der Waals surface area contributed by atoms with Crippen molar-refractivity contribution in [2.45, 2.75) is 12.8 Å². The SMILES string of the molecule is COc1cc(OC)c(C(=O)CC(=O)O)cc1Cc1cccc(Cl)c1F. The standard InChI is InChI=1S/C18H16ClFO5/c1-24-15-9-16(25-2)12(14(21)8-17(22)23)7-11(15)6-10-4-3-5-13(19)18(10)20/h3-5,7,9H,6,8H2,1-2H3,(H,22,23). The van der Waals surface area contributed by atoms with E-state index < -0.39 is 24.0 Å². The zero-order valence-corrected chi connectivity index (χ0v) is 14.4. The third-order valence-corrected chi connectivity index (χ3v) is 3.92. The van der Waals surface area contributed by atoms with Crippen molar-refractivity contribution in [1.29, 1.82) is 0 Å². The highest BCUT2D eigenvalue weighted by Gasteiger charge is 2.20. The minimum absolute atomic E-state index is 0.00726. The van der Waals surface area contributed by atoms with E-state index >= 15 is 0 Å². The summed E-state index contributed by atoms with van der Waals surface area (Å²) in [7, 11) is 2.80. The molecule has 0 bridgehead atoms. The lowest BCUT2D eigenvalue weighted by Crippen LogP contribution is -2.10. The first-order valence-corrected chi connectivity index (χ1v) is 7.68. The first kappa shape index (κ1) is 18.7. The van der Waals surface area contributed by atoms with Crippen LogP contribution in [0.4, 0.5) is 4.39 Å². The molecule has 2 aromatic rings. The van der Waals surface area contributed by atoms with Gasteiger partial charge < -0.3 is 14.6 Å². The van der Waals surface area contributed by atoms with Crippen molar-refractivity contribution >= 4 is 23.4 Å². The molecule has 0 heterocycles. The Hall–Kier alpha value is -2.60. The second-order valence-electron chi connectivity index (χ2n) is 5.25. The summed E-state index contributed by atoms with van der Waals surface area (Å²) in [6.45, 7) is 0. The predicted molar refractivity (Wildman–Crippen MR) is 90.3 cm³/mol. The van der Waals surface area contributed by atoms with Crippen molar-refractivity contribution < 1.29 is 28.6 Å². The third-order valence-electron chi connectivity index (χ3n) is 3.63. The van der Waals surface area contributed by atoms with Crippen molar-refractivity contribution in [3.63, 3.8) is 0 Å². The molecule has 0 amide bonds. The van der Waals surface area contributed by atoms with E-state index in [1.165, 1.54) is 32.4 Å². The molecule has 0 aliphatic carbocycles. The van der Waals surface area contributed by atoms with Crippen molar-refractivity contribution in [3.05, 3.63) is 57.9 Å². The highest BCUT2D eigenvalue weighted by atomic mass is 35.5. The van der Waals surface area contributed by atoms with Crippen molar-refractivity contribution in [3.8, 4) is 11.5 Å². The second kappa shape index (κ2) is 7.98. The zero-order valence-electron chi connectivity index (χ0n) is 13.6. The van der Waals surface area contributed by atoms with E-state index in [1.54, 1.807) is 12.1 Å². The molecule has 0 aliphatic heterocycles. The lowest BCUT2D eigenvalue weighted by molar-refractivity contribution is -0.135. The normalized spacial score (nSPS) is 10.4. The topological polar surface area (TPSA) is 72.8 Å². The van der Waals surface area contributed by atoms with Gasteiger partial charge in [0, 0.05) is 12.5 Å². The molecule has 2 rings (SSSR count). The summed E-state index contributed by atoms with van der Waals surface area (Å²) >= 11 is 5.79. The Morgan fingerprint density at radius 3 is 2.40 bits per heavy atom. The largest absolute Gasteiger partial charge is 0.496 e. The number of Topliss-reactive ketones (excluding diaryl/α,β-unsaturated/α-hetero) is 1. The molecule has 0 spiro atoms. The van der Waals surface area contributed by atoms with Gasteiger partial charge in [0.25, 0.3) is 0 Å². The number of rotatable bonds is 7. The summed E-state index contributed by atoms with van der Waals surface area (Å²) in [5, 5.41) is 8.82. The van der Waals surface area contributed by atoms with E-state index in [1.807, 2.05) is 0 Å². The molecular formula is C18H16ClFO5. The van der Waals surface area contributed by atoms with Crippen LogP contribution in [-0.2, 0) is 11.2 Å². The van der Waals surface area contributed by atoms with Gasteiger partial charge in [-0.25, -0.2) is 4.39 Å². The van der Waals surface area contributed by atoms with E-state index in [9.17, 15) is 14.0 Å². The van der Waals surface area contributed by atoms with E-state index in [4.69, 9.17) is 26.2 Å². The molecular weight excluding hydrogens is 351 g/mol. The average molecular weight is 367 g/mol. The number of carbonyl (C=O) groups excluding carboxylic acids is 1. The van der Waals surface area contributed by atoms with Crippen molar-refractivity contribution in [1.82, 2.24) is 0 Å². The number of carbonyl (C=O) groups is 2. The predicted octanol–water partition coefficient (Wildman–Crippen LogP) is 3.74. The molecule has 0 fully saturated rings. The van der Waals surface area contributed by atoms with Crippen LogP contribution in [-0.4, -0.2) is 31.1 Å². The zero-order chi connectivity index (χ0) is 18.6. The summed E-state index contributed by atoms with van der Waals surface area (Å²) in [4.78, 5) is 23.0. The lowest BCUT2D eigenvalue weighted by Gasteiger charge is -2.14. The van der Waals surface area contributed by atoms with Gasteiger partial charge in [0.15, 0.2) is 5.78 Å². The fourth-order valence-electron chi connectivity index (χ4n) is 2.44. The molecule has 0 radical (unpaired) electrons. The molecule has 0 unspecified atom stereocenters. The number of aliphatic carboxylic acids is 1. The number of carboxylic acid groups (broad SMARTS) is 1. The molecule has 5 nitrogen and oxygen atoms in total. The number of ketones is 1.